The number of alkyl halides is 3. The second-order valence-electron chi connectivity index (χ2n) is 6.88. The van der Waals surface area contributed by atoms with Crippen LogP contribution >= 0.6 is 23.4 Å². The molecule has 0 N–H and O–H groups in total. The highest BCUT2D eigenvalue weighted by Crippen LogP contribution is 2.35. The van der Waals surface area contributed by atoms with E-state index in [2.05, 4.69) is 10.2 Å². The molecule has 4 aromatic rings. The Labute approximate surface area is 195 Å². The highest BCUT2D eigenvalue weighted by atomic mass is 35.5. The van der Waals surface area contributed by atoms with Crippen LogP contribution in [0.3, 0.4) is 0 Å². The molecule has 33 heavy (non-hydrogen) atoms. The van der Waals surface area contributed by atoms with Crippen LogP contribution in [0.15, 0.2) is 78.0 Å². The number of rotatable bonds is 6. The van der Waals surface area contributed by atoms with Crippen LogP contribution in [0.1, 0.15) is 11.1 Å². The first-order valence-corrected chi connectivity index (χ1v) is 10.8. The number of nitro groups is 1. The summed E-state index contributed by atoms with van der Waals surface area (Å²) in [5.74, 6) is 0.670. The lowest BCUT2D eigenvalue weighted by Gasteiger charge is -2.13. The van der Waals surface area contributed by atoms with Gasteiger partial charge in [0.25, 0.3) is 5.69 Å². The highest BCUT2D eigenvalue weighted by molar-refractivity contribution is 7.98. The normalized spacial score (nSPS) is 11.5. The van der Waals surface area contributed by atoms with Gasteiger partial charge in [-0.05, 0) is 35.9 Å². The Bertz CT molecular complexity index is 1310. The second-order valence-corrected chi connectivity index (χ2v) is 8.23. The SMILES string of the molecule is O=[N+]([O-])c1ccc(CSc2nnc(-c3ccccc3Cl)n2-c2cccc(C(F)(F)F)c2)cc1. The first-order valence-electron chi connectivity index (χ1n) is 9.48. The van der Waals surface area contributed by atoms with Crippen molar-refractivity contribution in [3.8, 4) is 17.1 Å². The van der Waals surface area contributed by atoms with E-state index in [0.717, 1.165) is 17.7 Å². The minimum absolute atomic E-state index is 0.0307. The van der Waals surface area contributed by atoms with E-state index in [-0.39, 0.29) is 11.4 Å². The topological polar surface area (TPSA) is 73.8 Å². The molecule has 0 atom stereocenters. The van der Waals surface area contributed by atoms with Crippen molar-refractivity contribution in [2.45, 2.75) is 17.1 Å². The van der Waals surface area contributed by atoms with Gasteiger partial charge in [0.15, 0.2) is 11.0 Å². The predicted molar refractivity (Wildman–Crippen MR) is 119 cm³/mol. The van der Waals surface area contributed by atoms with E-state index in [1.807, 2.05) is 0 Å². The fourth-order valence-corrected chi connectivity index (χ4v) is 4.22. The molecule has 6 nitrogen and oxygen atoms in total. The van der Waals surface area contributed by atoms with Crippen molar-refractivity contribution in [2.75, 3.05) is 0 Å². The molecule has 0 unspecified atom stereocenters. The largest absolute Gasteiger partial charge is 0.416 e. The molecule has 0 saturated carbocycles. The van der Waals surface area contributed by atoms with Gasteiger partial charge in [-0.3, -0.25) is 14.7 Å². The quantitative estimate of drug-likeness (QED) is 0.169. The molecule has 1 heterocycles. The lowest BCUT2D eigenvalue weighted by Crippen LogP contribution is -2.07. The maximum Gasteiger partial charge on any atom is 0.416 e. The molecule has 0 radical (unpaired) electrons. The number of hydrogen-bond donors (Lipinski definition) is 0. The summed E-state index contributed by atoms with van der Waals surface area (Å²) in [5.41, 5.74) is 0.702. The molecule has 0 aliphatic carbocycles. The number of nitro benzene ring substituents is 1. The molecule has 1 aromatic heterocycles. The summed E-state index contributed by atoms with van der Waals surface area (Å²) < 4.78 is 41.5. The first-order chi connectivity index (χ1) is 15.7. The summed E-state index contributed by atoms with van der Waals surface area (Å²) in [4.78, 5) is 10.4. The average Bonchev–Trinajstić information content (AvgIpc) is 3.21. The molecule has 0 fully saturated rings. The van der Waals surface area contributed by atoms with Gasteiger partial charge in [0.1, 0.15) is 0 Å². The summed E-state index contributed by atoms with van der Waals surface area (Å²) in [6.07, 6.45) is -4.51. The van der Waals surface area contributed by atoms with Crippen LogP contribution in [0.25, 0.3) is 17.1 Å². The number of thioether (sulfide) groups is 1. The number of nitrogens with zero attached hydrogens (tertiary/aromatic N) is 4. The van der Waals surface area contributed by atoms with Crippen molar-refractivity contribution in [1.82, 2.24) is 14.8 Å². The lowest BCUT2D eigenvalue weighted by molar-refractivity contribution is -0.384. The molecule has 0 bridgehead atoms. The van der Waals surface area contributed by atoms with E-state index in [9.17, 15) is 23.3 Å². The van der Waals surface area contributed by atoms with Crippen molar-refractivity contribution in [3.05, 3.63) is 99.1 Å². The van der Waals surface area contributed by atoms with E-state index in [1.54, 1.807) is 36.4 Å². The smallest absolute Gasteiger partial charge is 0.270 e. The third-order valence-corrected chi connectivity index (χ3v) is 6.02. The average molecular weight is 491 g/mol. The Balaban J connectivity index is 1.75. The van der Waals surface area contributed by atoms with Gasteiger partial charge >= 0.3 is 6.18 Å². The van der Waals surface area contributed by atoms with E-state index in [1.165, 1.54) is 40.6 Å². The highest BCUT2D eigenvalue weighted by Gasteiger charge is 2.31. The van der Waals surface area contributed by atoms with E-state index in [4.69, 9.17) is 11.6 Å². The van der Waals surface area contributed by atoms with Crippen molar-refractivity contribution in [2.24, 2.45) is 0 Å². The van der Waals surface area contributed by atoms with Crippen LogP contribution in [-0.2, 0) is 11.9 Å². The Morgan fingerprint density at radius 2 is 1.73 bits per heavy atom. The number of halogens is 4. The van der Waals surface area contributed by atoms with E-state index < -0.39 is 16.7 Å². The first kappa shape index (κ1) is 22.8. The van der Waals surface area contributed by atoms with Gasteiger partial charge in [-0.1, -0.05) is 53.7 Å². The summed E-state index contributed by atoms with van der Waals surface area (Å²) in [6.45, 7) is 0. The van der Waals surface area contributed by atoms with Gasteiger partial charge in [-0.25, -0.2) is 0 Å². The summed E-state index contributed by atoms with van der Waals surface area (Å²) in [5, 5.41) is 20.0. The Kier molecular flexibility index (Phi) is 6.39. The maximum absolute atomic E-state index is 13.3. The number of aromatic nitrogens is 3. The van der Waals surface area contributed by atoms with Crippen LogP contribution in [0.4, 0.5) is 18.9 Å². The van der Waals surface area contributed by atoms with Crippen LogP contribution < -0.4 is 0 Å². The summed E-state index contributed by atoms with van der Waals surface area (Å²) >= 11 is 7.56. The summed E-state index contributed by atoms with van der Waals surface area (Å²) in [7, 11) is 0. The second kappa shape index (κ2) is 9.24. The van der Waals surface area contributed by atoms with Crippen molar-refractivity contribution in [1.29, 1.82) is 0 Å². The lowest BCUT2D eigenvalue weighted by atomic mass is 10.1. The number of benzene rings is 3. The van der Waals surface area contributed by atoms with Crippen molar-refractivity contribution < 1.29 is 18.1 Å². The Morgan fingerprint density at radius 1 is 1.00 bits per heavy atom. The molecule has 3 aromatic carbocycles. The van der Waals surface area contributed by atoms with Gasteiger partial charge in [0.2, 0.25) is 0 Å². The van der Waals surface area contributed by atoms with Crippen molar-refractivity contribution >= 4 is 29.1 Å². The monoisotopic (exact) mass is 490 g/mol. The zero-order valence-electron chi connectivity index (χ0n) is 16.7. The van der Waals surface area contributed by atoms with Gasteiger partial charge in [0, 0.05) is 23.4 Å². The standard InChI is InChI=1S/C22H14ClF3N4O2S/c23-19-7-2-1-6-18(19)20-27-28-21(33-13-14-8-10-16(11-9-14)30(31)32)29(20)17-5-3-4-15(12-17)22(24,25)26/h1-12H,13H2. The van der Waals surface area contributed by atoms with Crippen molar-refractivity contribution in [3.63, 3.8) is 0 Å². The third kappa shape index (κ3) is 5.01. The molecule has 168 valence electrons. The molecule has 11 heteroatoms. The Morgan fingerprint density at radius 3 is 2.39 bits per heavy atom. The number of non-ortho nitro benzene ring substituents is 1. The van der Waals surface area contributed by atoms with Crippen LogP contribution in [-0.4, -0.2) is 19.7 Å². The van der Waals surface area contributed by atoms with Gasteiger partial charge < -0.3 is 0 Å². The van der Waals surface area contributed by atoms with Crippen LogP contribution in [0.2, 0.25) is 5.02 Å². The predicted octanol–water partition coefficient (Wildman–Crippen LogP) is 6.81. The molecule has 0 amide bonds. The maximum atomic E-state index is 13.3. The van der Waals surface area contributed by atoms with Crippen LogP contribution in [0.5, 0.6) is 0 Å². The van der Waals surface area contributed by atoms with Gasteiger partial charge in [-0.15, -0.1) is 10.2 Å². The molecule has 0 saturated heterocycles. The van der Waals surface area contributed by atoms with Gasteiger partial charge in [-0.2, -0.15) is 13.2 Å². The molecule has 4 rings (SSSR count). The molecule has 0 aliphatic heterocycles. The fraction of sp³-hybridized carbons (Fsp3) is 0.0909. The van der Waals surface area contributed by atoms with E-state index >= 15 is 0 Å². The third-order valence-electron chi connectivity index (χ3n) is 4.69. The minimum Gasteiger partial charge on any atom is -0.270 e. The molecule has 0 aliphatic rings. The van der Waals surface area contributed by atoms with Gasteiger partial charge in [0.05, 0.1) is 21.2 Å². The molecule has 0 spiro atoms. The minimum atomic E-state index is -4.51. The molecular formula is C22H14ClF3N4O2S. The Hall–Kier alpha value is -3.37. The zero-order valence-corrected chi connectivity index (χ0v) is 18.2. The number of hydrogen-bond acceptors (Lipinski definition) is 5. The van der Waals surface area contributed by atoms with Crippen LogP contribution in [0, 0.1) is 10.1 Å². The molecular weight excluding hydrogens is 477 g/mol. The zero-order chi connectivity index (χ0) is 23.6. The van der Waals surface area contributed by atoms with E-state index in [0.29, 0.717) is 27.3 Å². The summed E-state index contributed by atoms with van der Waals surface area (Å²) in [6, 6.07) is 17.7. The fourth-order valence-electron chi connectivity index (χ4n) is 3.10.